The van der Waals surface area contributed by atoms with Crippen LogP contribution in [0.5, 0.6) is 11.5 Å². The fourth-order valence-corrected chi connectivity index (χ4v) is 1.48. The molecular weight excluding hydrogens is 166 g/mol. The van der Waals surface area contributed by atoms with Crippen molar-refractivity contribution in [2.75, 3.05) is 13.7 Å². The molecule has 1 aromatic rings. The normalized spacial score (nSPS) is 17.8. The summed E-state index contributed by atoms with van der Waals surface area (Å²) in [6, 6.07) is 1.89. The predicted molar refractivity (Wildman–Crippen MR) is 49.3 cm³/mol. The molecule has 0 amide bonds. The Morgan fingerprint density at radius 3 is 3.00 bits per heavy atom. The van der Waals surface area contributed by atoms with Gasteiger partial charge in [-0.2, -0.15) is 0 Å². The smallest absolute Gasteiger partial charge is 0.145 e. The van der Waals surface area contributed by atoms with Crippen LogP contribution in [0.15, 0.2) is 12.3 Å². The number of fused-ring (bicyclic) bond motifs is 1. The molecule has 0 aromatic carbocycles. The standard InChI is InChI=1S/C10H13NO2/c1-10(2)6-13-8-4-7(12-3)5-11-9(8)10/h4-5H,6H2,1-3H3. The first kappa shape index (κ1) is 8.35. The monoisotopic (exact) mass is 179 g/mol. The van der Waals surface area contributed by atoms with E-state index in [0.29, 0.717) is 6.61 Å². The molecule has 3 nitrogen and oxygen atoms in total. The van der Waals surface area contributed by atoms with Crippen molar-refractivity contribution in [3.8, 4) is 11.5 Å². The van der Waals surface area contributed by atoms with Gasteiger partial charge in [0.1, 0.15) is 11.5 Å². The lowest BCUT2D eigenvalue weighted by Gasteiger charge is -2.13. The summed E-state index contributed by atoms with van der Waals surface area (Å²) >= 11 is 0. The molecule has 1 aliphatic heterocycles. The quantitative estimate of drug-likeness (QED) is 0.658. The van der Waals surface area contributed by atoms with Crippen LogP contribution in [-0.4, -0.2) is 18.7 Å². The molecule has 0 unspecified atom stereocenters. The molecule has 0 spiro atoms. The predicted octanol–water partition coefficient (Wildman–Crippen LogP) is 1.76. The van der Waals surface area contributed by atoms with Crippen molar-refractivity contribution in [3.63, 3.8) is 0 Å². The minimum atomic E-state index is 0.0294. The molecule has 1 aromatic heterocycles. The number of ether oxygens (including phenoxy) is 2. The van der Waals surface area contributed by atoms with Crippen LogP contribution >= 0.6 is 0 Å². The molecule has 13 heavy (non-hydrogen) atoms. The van der Waals surface area contributed by atoms with E-state index in [-0.39, 0.29) is 5.41 Å². The minimum absolute atomic E-state index is 0.0294. The Morgan fingerprint density at radius 1 is 1.54 bits per heavy atom. The maximum absolute atomic E-state index is 5.51. The number of aromatic nitrogens is 1. The largest absolute Gasteiger partial charge is 0.495 e. The Bertz CT molecular complexity index is 334. The third-order valence-corrected chi connectivity index (χ3v) is 2.29. The molecule has 1 aliphatic rings. The SMILES string of the molecule is COc1cnc2c(c1)OCC2(C)C. The highest BCUT2D eigenvalue weighted by Crippen LogP contribution is 2.38. The van der Waals surface area contributed by atoms with E-state index in [0.717, 1.165) is 17.2 Å². The van der Waals surface area contributed by atoms with Crippen molar-refractivity contribution in [3.05, 3.63) is 18.0 Å². The highest BCUT2D eigenvalue weighted by atomic mass is 16.5. The Labute approximate surface area is 77.7 Å². The van der Waals surface area contributed by atoms with Crippen LogP contribution in [0.1, 0.15) is 19.5 Å². The third kappa shape index (κ3) is 1.24. The van der Waals surface area contributed by atoms with Crippen molar-refractivity contribution in [1.29, 1.82) is 0 Å². The summed E-state index contributed by atoms with van der Waals surface area (Å²) < 4.78 is 10.6. The number of methoxy groups -OCH3 is 1. The fraction of sp³-hybridized carbons (Fsp3) is 0.500. The van der Waals surface area contributed by atoms with E-state index in [1.165, 1.54) is 0 Å². The summed E-state index contributed by atoms with van der Waals surface area (Å²) in [6.45, 7) is 4.94. The van der Waals surface area contributed by atoms with E-state index in [2.05, 4.69) is 18.8 Å². The van der Waals surface area contributed by atoms with Crippen LogP contribution in [0.3, 0.4) is 0 Å². The first-order chi connectivity index (χ1) is 6.13. The topological polar surface area (TPSA) is 31.4 Å². The molecule has 0 bridgehead atoms. The van der Waals surface area contributed by atoms with Crippen LogP contribution < -0.4 is 9.47 Å². The van der Waals surface area contributed by atoms with Crippen LogP contribution in [0.4, 0.5) is 0 Å². The summed E-state index contributed by atoms with van der Waals surface area (Å²) in [5.74, 6) is 1.60. The number of rotatable bonds is 1. The van der Waals surface area contributed by atoms with Gasteiger partial charge in [-0.15, -0.1) is 0 Å². The zero-order valence-corrected chi connectivity index (χ0v) is 8.13. The molecule has 0 N–H and O–H groups in total. The lowest BCUT2D eigenvalue weighted by Crippen LogP contribution is -2.19. The second-order valence-corrected chi connectivity index (χ2v) is 3.89. The lowest BCUT2D eigenvalue weighted by atomic mass is 9.91. The van der Waals surface area contributed by atoms with Gasteiger partial charge in [0, 0.05) is 11.5 Å². The fourth-order valence-electron chi connectivity index (χ4n) is 1.48. The van der Waals surface area contributed by atoms with Crippen molar-refractivity contribution < 1.29 is 9.47 Å². The van der Waals surface area contributed by atoms with E-state index >= 15 is 0 Å². The van der Waals surface area contributed by atoms with Gasteiger partial charge in [0.15, 0.2) is 0 Å². The van der Waals surface area contributed by atoms with E-state index in [9.17, 15) is 0 Å². The van der Waals surface area contributed by atoms with Gasteiger partial charge in [-0.05, 0) is 0 Å². The summed E-state index contributed by atoms with van der Waals surface area (Å²) in [4.78, 5) is 4.33. The van der Waals surface area contributed by atoms with Gasteiger partial charge in [-0.3, -0.25) is 4.98 Å². The van der Waals surface area contributed by atoms with E-state index in [1.54, 1.807) is 13.3 Å². The Hall–Kier alpha value is -1.25. The van der Waals surface area contributed by atoms with Crippen LogP contribution in [0.2, 0.25) is 0 Å². The molecule has 0 aliphatic carbocycles. The zero-order valence-electron chi connectivity index (χ0n) is 8.13. The Morgan fingerprint density at radius 2 is 2.31 bits per heavy atom. The molecule has 0 saturated heterocycles. The summed E-state index contributed by atoms with van der Waals surface area (Å²) in [6.07, 6.45) is 1.73. The number of hydrogen-bond donors (Lipinski definition) is 0. The molecular formula is C10H13NO2. The van der Waals surface area contributed by atoms with Crippen molar-refractivity contribution in [1.82, 2.24) is 4.98 Å². The first-order valence-corrected chi connectivity index (χ1v) is 4.31. The van der Waals surface area contributed by atoms with Gasteiger partial charge in [-0.1, -0.05) is 13.8 Å². The van der Waals surface area contributed by atoms with Crippen LogP contribution in [-0.2, 0) is 5.41 Å². The minimum Gasteiger partial charge on any atom is -0.495 e. The van der Waals surface area contributed by atoms with Gasteiger partial charge < -0.3 is 9.47 Å². The van der Waals surface area contributed by atoms with Gasteiger partial charge >= 0.3 is 0 Å². The van der Waals surface area contributed by atoms with Gasteiger partial charge in [0.05, 0.1) is 25.6 Å². The first-order valence-electron chi connectivity index (χ1n) is 4.31. The maximum atomic E-state index is 5.51. The van der Waals surface area contributed by atoms with E-state index in [4.69, 9.17) is 9.47 Å². The second-order valence-electron chi connectivity index (χ2n) is 3.89. The van der Waals surface area contributed by atoms with Crippen LogP contribution in [0, 0.1) is 0 Å². The summed E-state index contributed by atoms with van der Waals surface area (Å²) in [5, 5.41) is 0. The van der Waals surface area contributed by atoms with Gasteiger partial charge in [0.2, 0.25) is 0 Å². The lowest BCUT2D eigenvalue weighted by molar-refractivity contribution is 0.289. The van der Waals surface area contributed by atoms with Crippen molar-refractivity contribution in [2.45, 2.75) is 19.3 Å². The average molecular weight is 179 g/mol. The Balaban J connectivity index is 2.46. The number of nitrogens with zero attached hydrogens (tertiary/aromatic N) is 1. The molecule has 0 radical (unpaired) electrons. The molecule has 0 fully saturated rings. The van der Waals surface area contributed by atoms with Crippen LogP contribution in [0.25, 0.3) is 0 Å². The summed E-state index contributed by atoms with van der Waals surface area (Å²) in [7, 11) is 1.63. The van der Waals surface area contributed by atoms with Crippen molar-refractivity contribution >= 4 is 0 Å². The number of hydrogen-bond acceptors (Lipinski definition) is 3. The molecule has 3 heteroatoms. The second kappa shape index (κ2) is 2.62. The molecule has 0 saturated carbocycles. The molecule has 0 atom stereocenters. The highest BCUT2D eigenvalue weighted by Gasteiger charge is 2.33. The number of pyridine rings is 1. The highest BCUT2D eigenvalue weighted by molar-refractivity contribution is 5.41. The van der Waals surface area contributed by atoms with E-state index in [1.807, 2.05) is 6.07 Å². The third-order valence-electron chi connectivity index (χ3n) is 2.29. The zero-order chi connectivity index (χ0) is 9.47. The molecule has 2 heterocycles. The summed E-state index contributed by atoms with van der Waals surface area (Å²) in [5.41, 5.74) is 1.05. The molecule has 70 valence electrons. The van der Waals surface area contributed by atoms with E-state index < -0.39 is 0 Å². The molecule has 2 rings (SSSR count). The average Bonchev–Trinajstić information content (AvgIpc) is 2.42. The Kier molecular flexibility index (Phi) is 1.68. The van der Waals surface area contributed by atoms with Gasteiger partial charge in [-0.25, -0.2) is 0 Å². The van der Waals surface area contributed by atoms with Crippen molar-refractivity contribution in [2.24, 2.45) is 0 Å². The maximum Gasteiger partial charge on any atom is 0.145 e. The van der Waals surface area contributed by atoms with Gasteiger partial charge in [0.25, 0.3) is 0 Å².